The smallest absolute Gasteiger partial charge is 0.337 e. The van der Waals surface area contributed by atoms with Crippen LogP contribution < -0.4 is 15.7 Å². The number of hydrogen-bond donors (Lipinski definition) is 2. The molecule has 1 aliphatic heterocycles. The Bertz CT molecular complexity index is 1290. The van der Waals surface area contributed by atoms with E-state index in [0.717, 1.165) is 31.4 Å². The van der Waals surface area contributed by atoms with Gasteiger partial charge in [0.05, 0.1) is 16.0 Å². The molecule has 3 aromatic rings. The number of hydrogen-bond acceptors (Lipinski definition) is 7. The summed E-state index contributed by atoms with van der Waals surface area (Å²) in [6.07, 6.45) is 1.02. The zero-order chi connectivity index (χ0) is 26.5. The lowest BCUT2D eigenvalue weighted by Crippen LogP contribution is -2.44. The average molecular weight is 512 g/mol. The highest BCUT2D eigenvalue weighted by atomic mass is 16.6. The molecule has 11 nitrogen and oxygen atoms in total. The van der Waals surface area contributed by atoms with Crippen LogP contribution >= 0.6 is 0 Å². The average Bonchev–Trinajstić information content (AvgIpc) is 3.19. The first kappa shape index (κ1) is 26.4. The standard InChI is InChI=1S/C26H33N5O6/c1-18(2)29-23-5-3-4-6-24(23)30(26(29)34)25(33)27-15-19-11-13-28(14-12-19)16-21(32)17-37-22-9-7-20(8-10-22)31(35)36/h3-10,18-19,21,32H,11-17H2,1-2H3,(H,27,33). The Hall–Kier alpha value is -3.70. The fourth-order valence-corrected chi connectivity index (χ4v) is 4.76. The molecule has 4 rings (SSSR count). The molecule has 1 amide bonds. The third-order valence-electron chi connectivity index (χ3n) is 6.71. The number of carbonyl (C=O) groups excluding carboxylic acids is 1. The number of benzene rings is 2. The van der Waals surface area contributed by atoms with Crippen molar-refractivity contribution in [3.63, 3.8) is 0 Å². The minimum Gasteiger partial charge on any atom is -0.491 e. The lowest BCUT2D eigenvalue weighted by atomic mass is 9.96. The zero-order valence-electron chi connectivity index (χ0n) is 21.1. The quantitative estimate of drug-likeness (QED) is 0.333. The molecule has 2 N–H and O–H groups in total. The van der Waals surface area contributed by atoms with E-state index < -0.39 is 17.1 Å². The summed E-state index contributed by atoms with van der Waals surface area (Å²) in [4.78, 5) is 38.3. The number of piperidine rings is 1. The number of para-hydroxylation sites is 2. The number of carbonyl (C=O) groups is 1. The third-order valence-corrected chi connectivity index (χ3v) is 6.71. The van der Waals surface area contributed by atoms with Crippen LogP contribution in [0, 0.1) is 16.0 Å². The minimum absolute atomic E-state index is 0.0127. The molecule has 0 saturated carbocycles. The molecule has 0 bridgehead atoms. The van der Waals surface area contributed by atoms with Crippen molar-refractivity contribution in [2.45, 2.75) is 38.8 Å². The van der Waals surface area contributed by atoms with E-state index in [1.165, 1.54) is 28.8 Å². The molecule has 1 saturated heterocycles. The van der Waals surface area contributed by atoms with Crippen molar-refractivity contribution >= 4 is 22.8 Å². The number of aliphatic hydroxyl groups excluding tert-OH is 1. The highest BCUT2D eigenvalue weighted by molar-refractivity contribution is 5.89. The summed E-state index contributed by atoms with van der Waals surface area (Å²) in [5.74, 6) is 0.748. The van der Waals surface area contributed by atoms with Gasteiger partial charge in [-0.2, -0.15) is 0 Å². The van der Waals surface area contributed by atoms with Gasteiger partial charge in [-0.1, -0.05) is 12.1 Å². The van der Waals surface area contributed by atoms with Crippen molar-refractivity contribution in [2.75, 3.05) is 32.8 Å². The Balaban J connectivity index is 1.23. The van der Waals surface area contributed by atoms with Gasteiger partial charge in [0, 0.05) is 31.3 Å². The van der Waals surface area contributed by atoms with Crippen molar-refractivity contribution in [3.8, 4) is 5.75 Å². The van der Waals surface area contributed by atoms with Gasteiger partial charge in [0.1, 0.15) is 18.5 Å². The van der Waals surface area contributed by atoms with Gasteiger partial charge in [0.25, 0.3) is 5.69 Å². The van der Waals surface area contributed by atoms with Crippen molar-refractivity contribution in [1.29, 1.82) is 0 Å². The van der Waals surface area contributed by atoms with E-state index in [0.29, 0.717) is 24.4 Å². The van der Waals surface area contributed by atoms with Crippen molar-refractivity contribution in [3.05, 3.63) is 69.1 Å². The SMILES string of the molecule is CC(C)n1c(=O)n(C(=O)NCC2CCN(CC(O)COc3ccc([N+](=O)[O-])cc3)CC2)c2ccccc21. The lowest BCUT2D eigenvalue weighted by molar-refractivity contribution is -0.384. The van der Waals surface area contributed by atoms with Gasteiger partial charge in [-0.05, 0) is 70.0 Å². The van der Waals surface area contributed by atoms with Crippen molar-refractivity contribution in [1.82, 2.24) is 19.4 Å². The number of aliphatic hydroxyl groups is 1. The maximum Gasteiger partial charge on any atom is 0.337 e. The Labute approximate surface area is 214 Å². The van der Waals surface area contributed by atoms with E-state index in [1.54, 1.807) is 10.6 Å². The van der Waals surface area contributed by atoms with Crippen LogP contribution in [-0.4, -0.2) is 69.0 Å². The van der Waals surface area contributed by atoms with E-state index >= 15 is 0 Å². The molecular formula is C26H33N5O6. The number of nitro groups is 1. The van der Waals surface area contributed by atoms with E-state index in [9.17, 15) is 24.8 Å². The molecule has 1 aliphatic rings. The van der Waals surface area contributed by atoms with Crippen LogP contribution in [0.15, 0.2) is 53.3 Å². The highest BCUT2D eigenvalue weighted by Crippen LogP contribution is 2.20. The van der Waals surface area contributed by atoms with E-state index in [2.05, 4.69) is 10.2 Å². The maximum atomic E-state index is 13.0. The Morgan fingerprint density at radius 2 is 1.78 bits per heavy atom. The fourth-order valence-electron chi connectivity index (χ4n) is 4.76. The zero-order valence-corrected chi connectivity index (χ0v) is 21.1. The van der Waals surface area contributed by atoms with Crippen molar-refractivity contribution < 1.29 is 19.6 Å². The molecule has 2 heterocycles. The minimum atomic E-state index is -0.698. The number of ether oxygens (including phenoxy) is 1. The second-order valence-corrected chi connectivity index (χ2v) is 9.72. The van der Waals surface area contributed by atoms with Crippen LogP contribution in [0.1, 0.15) is 32.7 Å². The summed E-state index contributed by atoms with van der Waals surface area (Å²) in [5.41, 5.74) is 0.982. The normalized spacial score (nSPS) is 15.7. The van der Waals surface area contributed by atoms with Crippen LogP contribution in [0.2, 0.25) is 0 Å². The largest absolute Gasteiger partial charge is 0.491 e. The summed E-state index contributed by atoms with van der Waals surface area (Å²) >= 11 is 0. The van der Waals surface area contributed by atoms with E-state index in [-0.39, 0.29) is 29.9 Å². The number of imidazole rings is 1. The summed E-state index contributed by atoms with van der Waals surface area (Å²) in [7, 11) is 0. The molecule has 0 aliphatic carbocycles. The Morgan fingerprint density at radius 3 is 2.41 bits per heavy atom. The number of nitrogens with one attached hydrogen (secondary N) is 1. The number of nitro benzene ring substituents is 1. The predicted octanol–water partition coefficient (Wildman–Crippen LogP) is 3.00. The first-order valence-corrected chi connectivity index (χ1v) is 12.5. The summed E-state index contributed by atoms with van der Waals surface area (Å²) in [6, 6.07) is 12.6. The van der Waals surface area contributed by atoms with E-state index in [4.69, 9.17) is 4.74 Å². The molecule has 198 valence electrons. The van der Waals surface area contributed by atoms with Crippen molar-refractivity contribution in [2.24, 2.45) is 5.92 Å². The highest BCUT2D eigenvalue weighted by Gasteiger charge is 2.24. The summed E-state index contributed by atoms with van der Waals surface area (Å²) in [5, 5.41) is 24.0. The summed E-state index contributed by atoms with van der Waals surface area (Å²) < 4.78 is 8.40. The van der Waals surface area contributed by atoms with Crippen LogP contribution in [0.25, 0.3) is 11.0 Å². The molecule has 1 atom stereocenters. The first-order chi connectivity index (χ1) is 17.7. The molecule has 2 aromatic carbocycles. The van der Waals surface area contributed by atoms with Crippen LogP contribution in [0.3, 0.4) is 0 Å². The molecule has 0 radical (unpaired) electrons. The van der Waals surface area contributed by atoms with Gasteiger partial charge < -0.3 is 20.1 Å². The molecule has 11 heteroatoms. The second kappa shape index (κ2) is 11.6. The number of nitrogens with zero attached hydrogens (tertiary/aromatic N) is 4. The predicted molar refractivity (Wildman–Crippen MR) is 139 cm³/mol. The number of fused-ring (bicyclic) bond motifs is 1. The monoisotopic (exact) mass is 511 g/mol. The van der Waals surface area contributed by atoms with Crippen LogP contribution in [-0.2, 0) is 0 Å². The van der Waals surface area contributed by atoms with Crippen LogP contribution in [0.5, 0.6) is 5.75 Å². The van der Waals surface area contributed by atoms with Crippen LogP contribution in [0.4, 0.5) is 10.5 Å². The van der Waals surface area contributed by atoms with Gasteiger partial charge in [0.15, 0.2) is 0 Å². The number of non-ortho nitro benzene ring substituents is 1. The lowest BCUT2D eigenvalue weighted by Gasteiger charge is -2.33. The summed E-state index contributed by atoms with van der Waals surface area (Å²) in [6.45, 7) is 6.42. The van der Waals surface area contributed by atoms with Gasteiger partial charge in [-0.15, -0.1) is 0 Å². The second-order valence-electron chi connectivity index (χ2n) is 9.72. The fraction of sp³-hybridized carbons (Fsp3) is 0.462. The van der Waals surface area contributed by atoms with Gasteiger partial charge in [-0.3, -0.25) is 14.7 Å². The maximum absolute atomic E-state index is 13.0. The van der Waals surface area contributed by atoms with Gasteiger partial charge in [0.2, 0.25) is 0 Å². The molecule has 1 fully saturated rings. The molecule has 1 aromatic heterocycles. The molecule has 37 heavy (non-hydrogen) atoms. The molecular weight excluding hydrogens is 478 g/mol. The number of β-amino-alcohol motifs (C(OH)–C–C–N with tert-alkyl or cyclic N) is 1. The molecule has 1 unspecified atom stereocenters. The van der Waals surface area contributed by atoms with E-state index in [1.807, 2.05) is 32.0 Å². The Morgan fingerprint density at radius 1 is 1.14 bits per heavy atom. The first-order valence-electron chi connectivity index (χ1n) is 12.5. The number of rotatable bonds is 9. The number of aromatic nitrogens is 2. The van der Waals surface area contributed by atoms with Gasteiger partial charge in [-0.25, -0.2) is 14.2 Å². The number of likely N-dealkylation sites (tertiary alicyclic amines) is 1. The van der Waals surface area contributed by atoms with Gasteiger partial charge >= 0.3 is 11.7 Å². The molecule has 0 spiro atoms. The third kappa shape index (κ3) is 6.17. The number of amides is 1. The Kier molecular flexibility index (Phi) is 8.24. The topological polar surface area (TPSA) is 132 Å².